The van der Waals surface area contributed by atoms with Gasteiger partial charge in [0, 0.05) is 0 Å². The van der Waals surface area contributed by atoms with Crippen LogP contribution >= 0.6 is 0 Å². The number of para-hydroxylation sites is 1. The van der Waals surface area contributed by atoms with Crippen LogP contribution in [-0.4, -0.2) is 24.0 Å². The van der Waals surface area contributed by atoms with Crippen molar-refractivity contribution < 1.29 is 14.3 Å². The van der Waals surface area contributed by atoms with E-state index in [1.807, 2.05) is 35.3 Å². The van der Waals surface area contributed by atoms with E-state index >= 15 is 0 Å². The molecular formula is C15H13N3O3. The number of fused-ring (bicyclic) bond motifs is 8. The fraction of sp³-hybridized carbons (Fsp3) is 0.467. The average molecular weight is 283 g/mol. The van der Waals surface area contributed by atoms with Crippen molar-refractivity contribution in [3.8, 4) is 0 Å². The molecular weight excluding hydrogens is 270 g/mol. The van der Waals surface area contributed by atoms with E-state index < -0.39 is 0 Å². The number of ether oxygens (including phenoxy) is 1. The van der Waals surface area contributed by atoms with Gasteiger partial charge in [-0.2, -0.15) is 5.11 Å². The van der Waals surface area contributed by atoms with Crippen molar-refractivity contribution in [2.45, 2.75) is 18.5 Å². The number of carbonyl (C=O) groups is 2. The van der Waals surface area contributed by atoms with Crippen LogP contribution in [0.5, 0.6) is 0 Å². The second kappa shape index (κ2) is 3.69. The van der Waals surface area contributed by atoms with E-state index in [0.717, 1.165) is 12.1 Å². The van der Waals surface area contributed by atoms with E-state index in [0.29, 0.717) is 0 Å². The van der Waals surface area contributed by atoms with Crippen molar-refractivity contribution in [3.63, 3.8) is 0 Å². The minimum Gasteiger partial charge on any atom is -0.393 e. The van der Waals surface area contributed by atoms with Crippen LogP contribution in [0.1, 0.15) is 6.42 Å². The molecule has 2 saturated carbocycles. The molecule has 1 aromatic carbocycles. The topological polar surface area (TPSA) is 71.3 Å². The number of nitrogens with zero attached hydrogens (tertiary/aromatic N) is 3. The maximum absolute atomic E-state index is 12.0. The Morgan fingerprint density at radius 2 is 1.76 bits per heavy atom. The Morgan fingerprint density at radius 3 is 2.52 bits per heavy atom. The molecule has 6 atom stereocenters. The first-order valence-corrected chi connectivity index (χ1v) is 7.26. The quantitative estimate of drug-likeness (QED) is 0.579. The first-order valence-electron chi connectivity index (χ1n) is 7.26. The van der Waals surface area contributed by atoms with E-state index in [1.165, 1.54) is 0 Å². The highest BCUT2D eigenvalue weighted by Gasteiger charge is 2.69. The number of benzene rings is 1. The summed E-state index contributed by atoms with van der Waals surface area (Å²) in [5.41, 5.74) is 0.982. The largest absolute Gasteiger partial charge is 0.393 e. The van der Waals surface area contributed by atoms with Crippen LogP contribution in [-0.2, 0) is 14.3 Å². The molecule has 6 unspecified atom stereocenters. The van der Waals surface area contributed by atoms with Gasteiger partial charge in [-0.15, -0.1) is 0 Å². The molecule has 21 heavy (non-hydrogen) atoms. The maximum Gasteiger partial charge on any atom is 0.317 e. The molecule has 2 aliphatic heterocycles. The molecule has 0 amide bonds. The Morgan fingerprint density at radius 1 is 1.05 bits per heavy atom. The molecule has 3 fully saturated rings. The summed E-state index contributed by atoms with van der Waals surface area (Å²) in [5.74, 6) is -1.09. The van der Waals surface area contributed by atoms with Gasteiger partial charge >= 0.3 is 11.9 Å². The molecule has 6 nitrogen and oxygen atoms in total. The van der Waals surface area contributed by atoms with Gasteiger partial charge in [0.15, 0.2) is 0 Å². The summed E-state index contributed by atoms with van der Waals surface area (Å²) in [6, 6.07) is 9.94. The van der Waals surface area contributed by atoms with Gasteiger partial charge in [-0.25, -0.2) is 5.01 Å². The first kappa shape index (κ1) is 11.4. The van der Waals surface area contributed by atoms with Gasteiger partial charge in [0.05, 0.1) is 29.6 Å². The average Bonchev–Trinajstić information content (AvgIpc) is 3.21. The number of anilines is 1. The van der Waals surface area contributed by atoms with E-state index in [4.69, 9.17) is 4.74 Å². The summed E-state index contributed by atoms with van der Waals surface area (Å²) < 4.78 is 4.85. The number of cyclic esters (lactones) is 2. The van der Waals surface area contributed by atoms with Crippen LogP contribution in [0.2, 0.25) is 0 Å². The van der Waals surface area contributed by atoms with Gasteiger partial charge in [0.2, 0.25) is 0 Å². The van der Waals surface area contributed by atoms with Gasteiger partial charge < -0.3 is 4.74 Å². The van der Waals surface area contributed by atoms with Crippen molar-refractivity contribution in [2.75, 3.05) is 5.01 Å². The Balaban J connectivity index is 1.54. The summed E-state index contributed by atoms with van der Waals surface area (Å²) in [6.45, 7) is 0. The minimum absolute atomic E-state index is 0.00917. The van der Waals surface area contributed by atoms with Gasteiger partial charge in [0.1, 0.15) is 0 Å². The molecule has 5 rings (SSSR count). The molecule has 2 aliphatic carbocycles. The molecule has 2 heterocycles. The molecule has 2 bridgehead atoms. The second-order valence-corrected chi connectivity index (χ2v) is 6.22. The fourth-order valence-corrected chi connectivity index (χ4v) is 4.69. The summed E-state index contributed by atoms with van der Waals surface area (Å²) in [7, 11) is 0. The van der Waals surface area contributed by atoms with Crippen molar-refractivity contribution in [3.05, 3.63) is 30.3 Å². The zero-order chi connectivity index (χ0) is 14.1. The highest BCUT2D eigenvalue weighted by molar-refractivity contribution is 5.98. The third-order valence-electron chi connectivity index (χ3n) is 5.41. The predicted octanol–water partition coefficient (Wildman–Crippen LogP) is 1.58. The summed E-state index contributed by atoms with van der Waals surface area (Å²) in [5, 5.41) is 10.6. The van der Waals surface area contributed by atoms with E-state index in [9.17, 15) is 9.59 Å². The first-order chi connectivity index (χ1) is 10.3. The number of esters is 2. The van der Waals surface area contributed by atoms with Gasteiger partial charge in [-0.3, -0.25) is 9.59 Å². The SMILES string of the molecule is O=C1OC(=O)C2C3CC(C4N=NN(c5ccccc5)C34)C12. The lowest BCUT2D eigenvalue weighted by Gasteiger charge is -2.32. The van der Waals surface area contributed by atoms with Crippen molar-refractivity contribution in [2.24, 2.45) is 34.0 Å². The Hall–Kier alpha value is -2.24. The van der Waals surface area contributed by atoms with Gasteiger partial charge in [-0.1, -0.05) is 23.4 Å². The monoisotopic (exact) mass is 283 g/mol. The van der Waals surface area contributed by atoms with E-state index in [1.54, 1.807) is 0 Å². The normalized spacial score (nSPS) is 42.4. The summed E-state index contributed by atoms with van der Waals surface area (Å²) in [6.07, 6.45) is 0.869. The van der Waals surface area contributed by atoms with Gasteiger partial charge in [0.25, 0.3) is 0 Å². The van der Waals surface area contributed by atoms with Crippen LogP contribution < -0.4 is 5.01 Å². The lowest BCUT2D eigenvalue weighted by Crippen LogP contribution is -2.47. The zero-order valence-corrected chi connectivity index (χ0v) is 11.1. The van der Waals surface area contributed by atoms with E-state index in [-0.39, 0.29) is 47.7 Å². The Labute approximate surface area is 120 Å². The lowest BCUT2D eigenvalue weighted by molar-refractivity contribution is -0.154. The number of hydrogen-bond acceptors (Lipinski definition) is 6. The highest BCUT2D eigenvalue weighted by atomic mass is 16.6. The molecule has 0 spiro atoms. The smallest absolute Gasteiger partial charge is 0.317 e. The zero-order valence-electron chi connectivity index (χ0n) is 11.1. The third kappa shape index (κ3) is 1.28. The van der Waals surface area contributed by atoms with Crippen LogP contribution in [0.4, 0.5) is 5.69 Å². The molecule has 6 heteroatoms. The van der Waals surface area contributed by atoms with Crippen LogP contribution in [0.3, 0.4) is 0 Å². The third-order valence-corrected chi connectivity index (χ3v) is 5.41. The second-order valence-electron chi connectivity index (χ2n) is 6.22. The Kier molecular flexibility index (Phi) is 2.01. The van der Waals surface area contributed by atoms with Crippen molar-refractivity contribution in [1.29, 1.82) is 0 Å². The molecule has 0 aromatic heterocycles. The summed E-state index contributed by atoms with van der Waals surface area (Å²) in [4.78, 5) is 23.8. The fourth-order valence-electron chi connectivity index (χ4n) is 4.69. The Bertz CT molecular complexity index is 674. The van der Waals surface area contributed by atoms with E-state index in [2.05, 4.69) is 10.3 Å². The molecule has 1 aromatic rings. The number of hydrogen-bond donors (Lipinski definition) is 0. The minimum atomic E-state index is -0.357. The van der Waals surface area contributed by atoms with Crippen LogP contribution in [0.25, 0.3) is 0 Å². The van der Waals surface area contributed by atoms with Crippen LogP contribution in [0.15, 0.2) is 40.7 Å². The molecule has 4 aliphatic rings. The molecule has 1 saturated heterocycles. The lowest BCUT2D eigenvalue weighted by atomic mass is 9.76. The van der Waals surface area contributed by atoms with Gasteiger partial charge in [-0.05, 0) is 30.4 Å². The molecule has 106 valence electrons. The van der Waals surface area contributed by atoms with Crippen molar-refractivity contribution >= 4 is 17.6 Å². The standard InChI is InChI=1S/C15H13N3O3/c19-14-10-8-6-9(11(10)15(20)21-14)13-12(8)16-17-18(13)7-4-2-1-3-5-7/h1-5,8-13H,6H2. The number of rotatable bonds is 1. The highest BCUT2D eigenvalue weighted by Crippen LogP contribution is 2.59. The predicted molar refractivity (Wildman–Crippen MR) is 71.0 cm³/mol. The number of carbonyl (C=O) groups excluding carboxylic acids is 2. The van der Waals surface area contributed by atoms with Crippen molar-refractivity contribution in [1.82, 2.24) is 0 Å². The summed E-state index contributed by atoms with van der Waals surface area (Å²) >= 11 is 0. The molecule has 0 radical (unpaired) electrons. The van der Waals surface area contributed by atoms with Crippen LogP contribution in [0, 0.1) is 23.7 Å². The molecule has 0 N–H and O–H groups in total. The maximum atomic E-state index is 12.0.